The Kier molecular flexibility index (Phi) is 7.89. The minimum Gasteiger partial charge on any atom is -0.462 e. The summed E-state index contributed by atoms with van der Waals surface area (Å²) in [5.41, 5.74) is 1.81. The number of ether oxygens (including phenoxy) is 2. The van der Waals surface area contributed by atoms with Crippen molar-refractivity contribution >= 4 is 38.9 Å². The van der Waals surface area contributed by atoms with Gasteiger partial charge >= 0.3 is 11.9 Å². The molecule has 0 spiro atoms. The van der Waals surface area contributed by atoms with Crippen molar-refractivity contribution in [2.24, 2.45) is 0 Å². The zero-order valence-electron chi connectivity index (χ0n) is 20.6. The topological polar surface area (TPSA) is 91.7 Å². The number of hydrogen-bond acceptors (Lipinski definition) is 6. The second kappa shape index (κ2) is 11.3. The molecule has 37 heavy (non-hydrogen) atoms. The van der Waals surface area contributed by atoms with E-state index in [0.717, 1.165) is 5.56 Å². The molecular formula is C29H27NO6S. The fourth-order valence-electron chi connectivity index (χ4n) is 4.14. The molecule has 0 aliphatic rings. The summed E-state index contributed by atoms with van der Waals surface area (Å²) >= 11 is 0. The normalized spacial score (nSPS) is 11.2. The van der Waals surface area contributed by atoms with Crippen LogP contribution in [0.5, 0.6) is 0 Å². The van der Waals surface area contributed by atoms with Crippen LogP contribution in [0.25, 0.3) is 17.0 Å². The average Bonchev–Trinajstić information content (AvgIpc) is 3.21. The Bertz CT molecular complexity index is 1530. The molecule has 0 aliphatic heterocycles. The highest BCUT2D eigenvalue weighted by Crippen LogP contribution is 2.34. The van der Waals surface area contributed by atoms with Crippen molar-refractivity contribution in [1.82, 2.24) is 3.97 Å². The third-order valence-electron chi connectivity index (χ3n) is 5.74. The van der Waals surface area contributed by atoms with Gasteiger partial charge in [-0.25, -0.2) is 22.0 Å². The summed E-state index contributed by atoms with van der Waals surface area (Å²) in [6, 6.07) is 24.5. The lowest BCUT2D eigenvalue weighted by Gasteiger charge is -2.13. The molecule has 1 aromatic heterocycles. The number of rotatable bonds is 9. The van der Waals surface area contributed by atoms with Gasteiger partial charge in [0.25, 0.3) is 10.0 Å². The van der Waals surface area contributed by atoms with E-state index in [1.165, 1.54) is 22.2 Å². The van der Waals surface area contributed by atoms with Crippen LogP contribution < -0.4 is 0 Å². The third-order valence-corrected chi connectivity index (χ3v) is 7.51. The summed E-state index contributed by atoms with van der Waals surface area (Å²) in [7, 11) is -4.04. The Hall–Kier alpha value is -4.17. The van der Waals surface area contributed by atoms with Gasteiger partial charge in [-0.2, -0.15) is 0 Å². The lowest BCUT2D eigenvalue weighted by molar-refractivity contribution is -0.146. The maximum absolute atomic E-state index is 14.0. The van der Waals surface area contributed by atoms with Crippen molar-refractivity contribution in [3.8, 4) is 0 Å². The molecule has 0 radical (unpaired) electrons. The highest BCUT2D eigenvalue weighted by atomic mass is 32.2. The van der Waals surface area contributed by atoms with E-state index in [0.29, 0.717) is 22.2 Å². The summed E-state index contributed by atoms with van der Waals surface area (Å²) in [5.74, 6) is -1.68. The Labute approximate surface area is 216 Å². The van der Waals surface area contributed by atoms with Crippen molar-refractivity contribution < 1.29 is 27.5 Å². The predicted molar refractivity (Wildman–Crippen MR) is 141 cm³/mol. The third kappa shape index (κ3) is 5.34. The number of esters is 2. The number of carbonyl (C=O) groups is 2. The van der Waals surface area contributed by atoms with Crippen LogP contribution in [0.2, 0.25) is 0 Å². The molecule has 7 nitrogen and oxygen atoms in total. The molecule has 0 bridgehead atoms. The molecule has 0 aliphatic carbocycles. The van der Waals surface area contributed by atoms with Crippen molar-refractivity contribution in [3.05, 3.63) is 107 Å². The smallest absolute Gasteiger partial charge is 0.345 e. The van der Waals surface area contributed by atoms with Crippen LogP contribution >= 0.6 is 0 Å². The number of carbonyl (C=O) groups excluding carboxylic acids is 2. The zero-order valence-corrected chi connectivity index (χ0v) is 21.4. The molecule has 0 fully saturated rings. The number of para-hydroxylation sites is 1. The standard InChI is InChI=1S/C29H27NO6S/c1-3-35-28(31)25(29(32)36-4-2)20-24-23-17-11-12-18-26(23)30(27(24)19-21-13-7-5-8-14-21)37(33,34)22-15-9-6-10-16-22/h5-18,20H,3-4,19H2,1-2H3. The summed E-state index contributed by atoms with van der Waals surface area (Å²) in [6.45, 7) is 3.41. The molecule has 1 heterocycles. The van der Waals surface area contributed by atoms with Crippen molar-refractivity contribution in [1.29, 1.82) is 0 Å². The monoisotopic (exact) mass is 517 g/mol. The van der Waals surface area contributed by atoms with Crippen LogP contribution in [0.4, 0.5) is 0 Å². The molecule has 4 rings (SSSR count). The lowest BCUT2D eigenvalue weighted by Crippen LogP contribution is -2.19. The van der Waals surface area contributed by atoms with Crippen LogP contribution in [-0.2, 0) is 35.5 Å². The zero-order chi connectivity index (χ0) is 26.4. The van der Waals surface area contributed by atoms with Gasteiger partial charge in [0.2, 0.25) is 0 Å². The predicted octanol–water partition coefficient (Wildman–Crippen LogP) is 4.98. The molecular weight excluding hydrogens is 490 g/mol. The van der Waals surface area contributed by atoms with Crippen molar-refractivity contribution in [3.63, 3.8) is 0 Å². The Morgan fingerprint density at radius 2 is 1.32 bits per heavy atom. The first-order chi connectivity index (χ1) is 17.9. The second-order valence-corrected chi connectivity index (χ2v) is 9.91. The van der Waals surface area contributed by atoms with Crippen LogP contribution in [-0.4, -0.2) is 37.5 Å². The molecule has 0 saturated heterocycles. The van der Waals surface area contributed by atoms with E-state index in [9.17, 15) is 18.0 Å². The Balaban J connectivity index is 2.07. The van der Waals surface area contributed by atoms with E-state index in [2.05, 4.69) is 0 Å². The quantitative estimate of drug-likeness (QED) is 0.135. The van der Waals surface area contributed by atoms with Gasteiger partial charge in [0.05, 0.1) is 23.6 Å². The number of benzene rings is 3. The van der Waals surface area contributed by atoms with E-state index >= 15 is 0 Å². The van der Waals surface area contributed by atoms with Gasteiger partial charge in [-0.15, -0.1) is 0 Å². The van der Waals surface area contributed by atoms with E-state index in [4.69, 9.17) is 9.47 Å². The van der Waals surface area contributed by atoms with Crippen LogP contribution in [0, 0.1) is 0 Å². The maximum Gasteiger partial charge on any atom is 0.345 e. The van der Waals surface area contributed by atoms with Gasteiger partial charge in [-0.3, -0.25) is 0 Å². The molecule has 0 N–H and O–H groups in total. The van der Waals surface area contributed by atoms with Crippen LogP contribution in [0.1, 0.15) is 30.7 Å². The van der Waals surface area contributed by atoms with E-state index in [1.807, 2.05) is 30.3 Å². The first-order valence-corrected chi connectivity index (χ1v) is 13.3. The van der Waals surface area contributed by atoms with E-state index < -0.39 is 22.0 Å². The minimum atomic E-state index is -4.04. The molecule has 4 aromatic rings. The minimum absolute atomic E-state index is 0.0661. The summed E-state index contributed by atoms with van der Waals surface area (Å²) in [4.78, 5) is 25.7. The molecule has 3 aromatic carbocycles. The van der Waals surface area contributed by atoms with Crippen LogP contribution in [0.3, 0.4) is 0 Å². The first-order valence-electron chi connectivity index (χ1n) is 11.9. The average molecular weight is 518 g/mol. The molecule has 190 valence electrons. The number of aromatic nitrogens is 1. The Morgan fingerprint density at radius 1 is 0.784 bits per heavy atom. The van der Waals surface area contributed by atoms with Gasteiger partial charge in [0, 0.05) is 23.1 Å². The molecule has 8 heteroatoms. The molecule has 0 amide bonds. The van der Waals surface area contributed by atoms with Crippen molar-refractivity contribution in [2.45, 2.75) is 25.2 Å². The summed E-state index contributed by atoms with van der Waals surface area (Å²) in [5, 5.41) is 0.569. The fraction of sp³-hybridized carbons (Fsp3) is 0.172. The van der Waals surface area contributed by atoms with E-state index in [1.54, 1.807) is 56.3 Å². The van der Waals surface area contributed by atoms with Crippen molar-refractivity contribution in [2.75, 3.05) is 13.2 Å². The molecule has 0 saturated carbocycles. The van der Waals surface area contributed by atoms with Gasteiger partial charge < -0.3 is 9.47 Å². The lowest BCUT2D eigenvalue weighted by atomic mass is 10.0. The van der Waals surface area contributed by atoms with Gasteiger partial charge in [-0.05, 0) is 43.7 Å². The van der Waals surface area contributed by atoms with Gasteiger partial charge in [0.15, 0.2) is 0 Å². The summed E-state index contributed by atoms with van der Waals surface area (Å²) in [6.07, 6.45) is 1.61. The maximum atomic E-state index is 14.0. The van der Waals surface area contributed by atoms with Crippen LogP contribution in [0.15, 0.2) is 95.4 Å². The van der Waals surface area contributed by atoms with Gasteiger partial charge in [0.1, 0.15) is 5.57 Å². The van der Waals surface area contributed by atoms with Gasteiger partial charge in [-0.1, -0.05) is 66.7 Å². The highest BCUT2D eigenvalue weighted by molar-refractivity contribution is 7.90. The molecule has 0 atom stereocenters. The van der Waals surface area contributed by atoms with E-state index in [-0.39, 0.29) is 30.1 Å². The highest BCUT2D eigenvalue weighted by Gasteiger charge is 2.29. The fourth-order valence-corrected chi connectivity index (χ4v) is 5.72. The number of hydrogen-bond donors (Lipinski definition) is 0. The largest absolute Gasteiger partial charge is 0.462 e. The second-order valence-electron chi connectivity index (χ2n) is 8.12. The summed E-state index contributed by atoms with van der Waals surface area (Å²) < 4.78 is 39.5. The first kappa shape index (κ1) is 25.9. The Morgan fingerprint density at radius 3 is 1.92 bits per heavy atom. The number of nitrogens with zero attached hydrogens (tertiary/aromatic N) is 1. The molecule has 0 unspecified atom stereocenters. The number of fused-ring (bicyclic) bond motifs is 1. The SMILES string of the molecule is CCOC(=O)C(=Cc1c(Cc2ccccc2)n(S(=O)(=O)c2ccccc2)c2ccccc12)C(=O)OCC.